The molecule has 7 nitrogen and oxygen atoms in total. The molecule has 65 heavy (non-hydrogen) atoms. The molecule has 12 heteroatoms. The molecule has 0 saturated carbocycles. The molecular weight excluding hydrogens is 914 g/mol. The number of nitrogens with two attached hydrogens (primary N) is 1. The van der Waals surface area contributed by atoms with E-state index in [0.29, 0.717) is 26.1 Å². The number of benzene rings is 4. The molecule has 0 aliphatic rings. The summed E-state index contributed by atoms with van der Waals surface area (Å²) in [5, 5.41) is 21.5. The van der Waals surface area contributed by atoms with Gasteiger partial charge in [0, 0.05) is 64.3 Å². The molecule has 0 amide bonds. The van der Waals surface area contributed by atoms with Crippen molar-refractivity contribution in [3.8, 4) is 0 Å². The fraction of sp³-hybridized carbons (Fsp3) is 0.434. The molecule has 4 aromatic heterocycles. The van der Waals surface area contributed by atoms with Crippen LogP contribution in [0.3, 0.4) is 0 Å². The minimum absolute atomic E-state index is 0. The van der Waals surface area contributed by atoms with Crippen molar-refractivity contribution in [1.82, 2.24) is 0 Å². The first-order valence-corrected chi connectivity index (χ1v) is 26.3. The van der Waals surface area contributed by atoms with Gasteiger partial charge in [-0.3, -0.25) is 9.59 Å². The van der Waals surface area contributed by atoms with Gasteiger partial charge in [-0.1, -0.05) is 115 Å². The number of Topliss-reactive ketones (excluding diaryl/α,β-unsaturated/α-hetero) is 2. The van der Waals surface area contributed by atoms with Crippen molar-refractivity contribution in [3.63, 3.8) is 0 Å². The maximum atomic E-state index is 12.4. The third-order valence-electron chi connectivity index (χ3n) is 11.1. The van der Waals surface area contributed by atoms with E-state index < -0.39 is 0 Å². The van der Waals surface area contributed by atoms with Gasteiger partial charge in [0.25, 0.3) is 0 Å². The van der Waals surface area contributed by atoms with Gasteiger partial charge in [0.2, 0.25) is 0 Å². The predicted molar refractivity (Wildman–Crippen MR) is 281 cm³/mol. The fourth-order valence-corrected chi connectivity index (χ4v) is 13.1. The summed E-state index contributed by atoms with van der Waals surface area (Å²) in [6, 6.07) is 26.5. The van der Waals surface area contributed by atoms with E-state index >= 15 is 0 Å². The predicted octanol–water partition coefficient (Wildman–Crippen LogP) is 12.1. The van der Waals surface area contributed by atoms with Gasteiger partial charge in [-0.15, -0.1) is 45.3 Å². The molecular formula is C53H68KNO6S4. The standard InChI is InChI=1S/C24H24O2S2.C24H28S2.C4H10O3.CH5N.K.H2O/c1-3-5-7-19(25)15-9-11-17-21(13-15)27-24-18-12-10-16(20(26)8-6-4-2)14-22(18)28-23(17)24;1-3-5-7-9-17-11-13-19-21(15-17)25-24-20-14-12-18(10-8-6-4-2)16-22(20)26-23(19)24;5-1-3-7-4-2-6;1-2;;/h9-14H,3-8H2,1-2H3;11-16H,3-10H2,1-2H3;5-6H,1-4H2;2H2,1H3;;1H2/q;;;;+1;/p-1. The van der Waals surface area contributed by atoms with Gasteiger partial charge < -0.3 is 26.2 Å². The molecule has 4 aromatic carbocycles. The van der Waals surface area contributed by atoms with Crippen LogP contribution in [0.2, 0.25) is 0 Å². The van der Waals surface area contributed by atoms with Crippen molar-refractivity contribution in [3.05, 3.63) is 95.1 Å². The second-order valence-electron chi connectivity index (χ2n) is 15.8. The maximum Gasteiger partial charge on any atom is 1.00 e. The Kier molecular flexibility index (Phi) is 26.9. The van der Waals surface area contributed by atoms with Crippen LogP contribution in [-0.2, 0) is 17.6 Å². The molecule has 0 unspecified atom stereocenters. The van der Waals surface area contributed by atoms with Crippen LogP contribution in [0.1, 0.15) is 137 Å². The fourth-order valence-electron chi connectivity index (χ4n) is 7.61. The van der Waals surface area contributed by atoms with Crippen molar-refractivity contribution < 1.29 is 81.4 Å². The second kappa shape index (κ2) is 30.5. The molecule has 0 bridgehead atoms. The first kappa shape index (κ1) is 57.3. The summed E-state index contributed by atoms with van der Waals surface area (Å²) in [5.74, 6) is 0.473. The Balaban J connectivity index is 0.000000285. The molecule has 0 atom stereocenters. The van der Waals surface area contributed by atoms with E-state index in [0.717, 1.165) is 36.8 Å². The average molecular weight is 982 g/mol. The largest absolute Gasteiger partial charge is 1.00 e. The number of carbonyl (C=O) groups is 2. The molecule has 8 rings (SSSR count). The Morgan fingerprint density at radius 1 is 0.492 bits per heavy atom. The minimum atomic E-state index is 0. The van der Waals surface area contributed by atoms with Gasteiger partial charge in [-0.05, 0) is 81.0 Å². The van der Waals surface area contributed by atoms with Gasteiger partial charge in [0.05, 0.1) is 45.2 Å². The molecule has 0 aliphatic carbocycles. The molecule has 0 saturated heterocycles. The van der Waals surface area contributed by atoms with Crippen LogP contribution >= 0.6 is 45.3 Å². The summed E-state index contributed by atoms with van der Waals surface area (Å²) < 4.78 is 15.4. The maximum absolute atomic E-state index is 12.4. The number of hydrogen-bond acceptors (Lipinski definition) is 11. The normalized spacial score (nSPS) is 10.9. The van der Waals surface area contributed by atoms with Crippen molar-refractivity contribution in [2.75, 3.05) is 33.5 Å². The molecule has 5 N–H and O–H groups in total. The molecule has 346 valence electrons. The number of aryl methyl sites for hydroxylation is 2. The van der Waals surface area contributed by atoms with E-state index in [2.05, 4.69) is 98.8 Å². The molecule has 0 spiro atoms. The van der Waals surface area contributed by atoms with E-state index in [1.54, 1.807) is 22.7 Å². The van der Waals surface area contributed by atoms with E-state index in [4.69, 9.17) is 10.2 Å². The number of hydrogen-bond donors (Lipinski definition) is 3. The topological polar surface area (TPSA) is 140 Å². The van der Waals surface area contributed by atoms with Crippen molar-refractivity contribution >= 4 is 116 Å². The van der Waals surface area contributed by atoms with Crippen LogP contribution in [0.4, 0.5) is 0 Å². The van der Waals surface area contributed by atoms with Crippen LogP contribution < -0.4 is 57.1 Å². The molecule has 4 heterocycles. The molecule has 0 radical (unpaired) electrons. The second-order valence-corrected chi connectivity index (χ2v) is 20.0. The minimum Gasteiger partial charge on any atom is -0.870 e. The number of aliphatic hydroxyl groups is 2. The molecule has 8 aromatic rings. The summed E-state index contributed by atoms with van der Waals surface area (Å²) in [7, 11) is 1.50. The zero-order valence-electron chi connectivity index (χ0n) is 39.4. The van der Waals surface area contributed by atoms with Gasteiger partial charge in [-0.25, -0.2) is 0 Å². The Morgan fingerprint density at radius 2 is 0.815 bits per heavy atom. The number of aliphatic hydroxyl groups excluding tert-OH is 2. The SMILES string of the molecule is CCCCC(=O)c1ccc2c(c1)sc1c3ccc(C(=O)CCCC)cc3sc21.CCCCCc1ccc2c(c1)sc1c3ccc(CCCCC)cc3sc21.CN.OCCOCCO.[K+].[OH-]. The van der Waals surface area contributed by atoms with Gasteiger partial charge in [0.1, 0.15) is 0 Å². The quantitative estimate of drug-likeness (QED) is 0.0392. The number of unbranched alkanes of at least 4 members (excludes halogenated alkanes) is 6. The van der Waals surface area contributed by atoms with Crippen LogP contribution in [-0.4, -0.2) is 60.7 Å². The molecule has 0 aliphatic heterocycles. The number of carbonyl (C=O) groups excluding carboxylic acids is 2. The Labute approximate surface area is 444 Å². The summed E-state index contributed by atoms with van der Waals surface area (Å²) in [6.45, 7) is 9.46. The van der Waals surface area contributed by atoms with E-state index in [1.165, 1.54) is 129 Å². The number of ketones is 2. The zero-order valence-corrected chi connectivity index (χ0v) is 45.8. The van der Waals surface area contributed by atoms with Crippen LogP contribution in [0.25, 0.3) is 59.1 Å². The van der Waals surface area contributed by atoms with Gasteiger partial charge in [0.15, 0.2) is 11.6 Å². The van der Waals surface area contributed by atoms with Crippen molar-refractivity contribution in [1.29, 1.82) is 0 Å². The Bertz CT molecular complexity index is 2500. The first-order valence-electron chi connectivity index (χ1n) is 23.0. The first-order chi connectivity index (χ1) is 30.8. The van der Waals surface area contributed by atoms with Gasteiger partial charge in [-0.2, -0.15) is 0 Å². The average Bonchev–Trinajstić information content (AvgIpc) is 4.06. The summed E-state index contributed by atoms with van der Waals surface area (Å²) in [6.07, 6.45) is 15.5. The number of rotatable bonds is 20. The monoisotopic (exact) mass is 981 g/mol. The van der Waals surface area contributed by atoms with Crippen LogP contribution in [0.5, 0.6) is 0 Å². The smallest absolute Gasteiger partial charge is 0.870 e. The summed E-state index contributed by atoms with van der Waals surface area (Å²) >= 11 is 7.49. The van der Waals surface area contributed by atoms with E-state index in [-0.39, 0.29) is 81.6 Å². The van der Waals surface area contributed by atoms with Crippen LogP contribution in [0.15, 0.2) is 72.8 Å². The van der Waals surface area contributed by atoms with Crippen LogP contribution in [0, 0.1) is 0 Å². The summed E-state index contributed by atoms with van der Waals surface area (Å²) in [5.41, 5.74) is 9.15. The van der Waals surface area contributed by atoms with E-state index in [1.807, 2.05) is 34.8 Å². The number of thiophene rings is 4. The number of fused-ring (bicyclic) bond motifs is 10. The Hall–Kier alpha value is -1.98. The summed E-state index contributed by atoms with van der Waals surface area (Å²) in [4.78, 5) is 24.7. The van der Waals surface area contributed by atoms with E-state index in [9.17, 15) is 9.59 Å². The Morgan fingerprint density at radius 3 is 1.14 bits per heavy atom. The third-order valence-corrected chi connectivity index (χ3v) is 16.1. The molecule has 0 fully saturated rings. The zero-order chi connectivity index (χ0) is 45.1. The van der Waals surface area contributed by atoms with Gasteiger partial charge >= 0.3 is 51.4 Å². The third kappa shape index (κ3) is 15.5. The van der Waals surface area contributed by atoms with Crippen molar-refractivity contribution in [2.24, 2.45) is 5.73 Å². The number of ether oxygens (including phenoxy) is 1. The van der Waals surface area contributed by atoms with Crippen molar-refractivity contribution in [2.45, 2.75) is 118 Å².